The molecule has 1 aromatic carbocycles. The molecule has 2 heterocycles. The van der Waals surface area contributed by atoms with E-state index in [-0.39, 0.29) is 23.9 Å². The van der Waals surface area contributed by atoms with Crippen molar-refractivity contribution >= 4 is 29.4 Å². The van der Waals surface area contributed by atoms with Crippen molar-refractivity contribution in [3.63, 3.8) is 0 Å². The zero-order valence-corrected chi connectivity index (χ0v) is 21.5. The molecule has 0 fully saturated rings. The van der Waals surface area contributed by atoms with Gasteiger partial charge in [0.15, 0.2) is 10.9 Å². The fourth-order valence-corrected chi connectivity index (χ4v) is 4.76. The Morgan fingerprint density at radius 2 is 1.80 bits per heavy atom. The van der Waals surface area contributed by atoms with Gasteiger partial charge in [-0.15, -0.1) is 10.2 Å². The van der Waals surface area contributed by atoms with Gasteiger partial charge >= 0.3 is 5.97 Å². The number of hydrogen-bond donors (Lipinski definition) is 1. The molecule has 0 saturated heterocycles. The number of carbonyl (C=O) groups is 3. The van der Waals surface area contributed by atoms with Crippen LogP contribution in [0, 0.1) is 19.8 Å². The normalized spacial score (nSPS) is 11.1. The van der Waals surface area contributed by atoms with Crippen molar-refractivity contribution < 1.29 is 19.1 Å². The highest BCUT2D eigenvalue weighted by atomic mass is 32.2. The Balaban J connectivity index is 1.78. The van der Waals surface area contributed by atoms with E-state index in [0.717, 1.165) is 17.1 Å². The first kappa shape index (κ1) is 26.2. The van der Waals surface area contributed by atoms with E-state index in [1.54, 1.807) is 12.1 Å². The first-order valence-electron chi connectivity index (χ1n) is 11.4. The van der Waals surface area contributed by atoms with Gasteiger partial charge in [0.25, 0.3) is 0 Å². The summed E-state index contributed by atoms with van der Waals surface area (Å²) < 4.78 is 8.72. The number of carbonyl (C=O) groups excluding carboxylic acids is 3. The maximum absolute atomic E-state index is 13.2. The molecule has 9 nitrogen and oxygen atoms in total. The number of aromatic nitrogens is 4. The molecule has 0 aliphatic heterocycles. The Labute approximate surface area is 209 Å². The second-order valence-corrected chi connectivity index (χ2v) is 9.68. The van der Waals surface area contributed by atoms with Crippen molar-refractivity contribution in [1.29, 1.82) is 0 Å². The lowest BCUT2D eigenvalue weighted by molar-refractivity contribution is -0.118. The number of ketones is 1. The molecule has 2 N–H and O–H groups in total. The van der Waals surface area contributed by atoms with Crippen LogP contribution in [0.1, 0.15) is 58.2 Å². The SMILES string of the molecule is COC(=O)c1ccc(-n2c(C)cc(C(=O)CSc3nnc(CCC(N)=O)n3CC(C)C)c2C)cc1. The summed E-state index contributed by atoms with van der Waals surface area (Å²) in [7, 11) is 1.35. The molecule has 0 atom stereocenters. The van der Waals surface area contributed by atoms with E-state index in [9.17, 15) is 14.4 Å². The topological polar surface area (TPSA) is 122 Å². The number of amides is 1. The number of primary amides is 1. The third-order valence-electron chi connectivity index (χ3n) is 5.55. The number of hydrogen-bond acceptors (Lipinski definition) is 7. The van der Waals surface area contributed by atoms with E-state index in [1.165, 1.54) is 18.9 Å². The summed E-state index contributed by atoms with van der Waals surface area (Å²) in [5.74, 6) is 0.451. The largest absolute Gasteiger partial charge is 0.465 e. The number of Topliss-reactive ketones (excluding diaryl/α,β-unsaturated/α-hetero) is 1. The highest BCUT2D eigenvalue weighted by Crippen LogP contribution is 2.25. The summed E-state index contributed by atoms with van der Waals surface area (Å²) in [6, 6.07) is 8.95. The van der Waals surface area contributed by atoms with Crippen molar-refractivity contribution in [2.45, 2.75) is 52.2 Å². The number of nitrogens with zero attached hydrogens (tertiary/aromatic N) is 4. The second kappa shape index (κ2) is 11.4. The molecule has 0 aliphatic carbocycles. The molecule has 0 radical (unpaired) electrons. The van der Waals surface area contributed by atoms with Gasteiger partial charge in [-0.05, 0) is 50.1 Å². The van der Waals surface area contributed by atoms with E-state index in [0.29, 0.717) is 41.0 Å². The van der Waals surface area contributed by atoms with Gasteiger partial charge in [-0.2, -0.15) is 0 Å². The molecule has 186 valence electrons. The second-order valence-electron chi connectivity index (χ2n) is 8.74. The summed E-state index contributed by atoms with van der Waals surface area (Å²) in [4.78, 5) is 36.1. The van der Waals surface area contributed by atoms with Gasteiger partial charge in [0, 0.05) is 42.0 Å². The lowest BCUT2D eigenvalue weighted by Gasteiger charge is -2.12. The predicted molar refractivity (Wildman–Crippen MR) is 134 cm³/mol. The number of esters is 1. The molecule has 2 aromatic heterocycles. The molecule has 35 heavy (non-hydrogen) atoms. The Bertz CT molecular complexity index is 1230. The third-order valence-corrected chi connectivity index (χ3v) is 6.51. The van der Waals surface area contributed by atoms with Gasteiger partial charge in [0.1, 0.15) is 5.82 Å². The highest BCUT2D eigenvalue weighted by Gasteiger charge is 2.20. The maximum atomic E-state index is 13.2. The molecule has 0 saturated carbocycles. The van der Waals surface area contributed by atoms with Crippen LogP contribution in [-0.4, -0.2) is 49.9 Å². The lowest BCUT2D eigenvalue weighted by atomic mass is 10.2. The van der Waals surface area contributed by atoms with E-state index in [4.69, 9.17) is 10.5 Å². The quantitative estimate of drug-likeness (QED) is 0.244. The lowest BCUT2D eigenvalue weighted by Crippen LogP contribution is -2.15. The van der Waals surface area contributed by atoms with Crippen LogP contribution in [0.5, 0.6) is 0 Å². The number of rotatable bonds is 11. The minimum Gasteiger partial charge on any atom is -0.465 e. The van der Waals surface area contributed by atoms with Gasteiger partial charge in [-0.25, -0.2) is 4.79 Å². The maximum Gasteiger partial charge on any atom is 0.337 e. The summed E-state index contributed by atoms with van der Waals surface area (Å²) in [6.45, 7) is 8.71. The molecule has 0 unspecified atom stereocenters. The molecule has 0 bridgehead atoms. The average molecular weight is 498 g/mol. The standard InChI is InChI=1S/C25H31N5O4S/c1-15(2)13-29-23(11-10-22(26)32)27-28-25(29)35-14-21(31)20-12-16(3)30(17(20)4)19-8-6-18(7-9-19)24(33)34-5/h6-9,12,15H,10-11,13-14H2,1-5H3,(H2,26,32). The fraction of sp³-hybridized carbons (Fsp3) is 0.400. The molecule has 0 aliphatic rings. The van der Waals surface area contributed by atoms with Crippen LogP contribution in [-0.2, 0) is 22.5 Å². The first-order chi connectivity index (χ1) is 16.6. The summed E-state index contributed by atoms with van der Waals surface area (Å²) in [5, 5.41) is 9.14. The van der Waals surface area contributed by atoms with E-state index in [2.05, 4.69) is 24.0 Å². The zero-order chi connectivity index (χ0) is 25.7. The Hall–Kier alpha value is -3.40. The Morgan fingerprint density at radius 1 is 1.11 bits per heavy atom. The van der Waals surface area contributed by atoms with Crippen molar-refractivity contribution in [3.05, 3.63) is 58.7 Å². The van der Waals surface area contributed by atoms with E-state index in [1.807, 2.05) is 41.2 Å². The van der Waals surface area contributed by atoms with Crippen LogP contribution in [0.4, 0.5) is 0 Å². The first-order valence-corrected chi connectivity index (χ1v) is 12.3. The van der Waals surface area contributed by atoms with Crippen molar-refractivity contribution in [2.24, 2.45) is 11.7 Å². The molecule has 10 heteroatoms. The summed E-state index contributed by atoms with van der Waals surface area (Å²) in [6.07, 6.45) is 0.617. The van der Waals surface area contributed by atoms with Crippen LogP contribution >= 0.6 is 11.8 Å². The fourth-order valence-electron chi connectivity index (χ4n) is 3.91. The zero-order valence-electron chi connectivity index (χ0n) is 20.7. The monoisotopic (exact) mass is 497 g/mol. The summed E-state index contributed by atoms with van der Waals surface area (Å²) >= 11 is 1.34. The number of aryl methyl sites for hydroxylation is 2. The molecule has 3 rings (SSSR count). The number of thioether (sulfide) groups is 1. The average Bonchev–Trinajstić information content (AvgIpc) is 3.34. The van der Waals surface area contributed by atoms with Crippen LogP contribution in [0.15, 0.2) is 35.5 Å². The van der Waals surface area contributed by atoms with Gasteiger partial charge < -0.3 is 19.6 Å². The molecule has 0 spiro atoms. The number of ether oxygens (including phenoxy) is 1. The molecular weight excluding hydrogens is 466 g/mol. The van der Waals surface area contributed by atoms with Crippen LogP contribution in [0.3, 0.4) is 0 Å². The van der Waals surface area contributed by atoms with Crippen LogP contribution in [0.25, 0.3) is 5.69 Å². The number of benzene rings is 1. The van der Waals surface area contributed by atoms with Gasteiger partial charge in [0.05, 0.1) is 18.4 Å². The minimum atomic E-state index is -0.395. The molecule has 3 aromatic rings. The Kier molecular flexibility index (Phi) is 8.50. The van der Waals surface area contributed by atoms with Crippen molar-refractivity contribution in [2.75, 3.05) is 12.9 Å². The smallest absolute Gasteiger partial charge is 0.337 e. The molecule has 1 amide bonds. The minimum absolute atomic E-state index is 0.0155. The van der Waals surface area contributed by atoms with Gasteiger partial charge in [-0.3, -0.25) is 9.59 Å². The van der Waals surface area contributed by atoms with E-state index < -0.39 is 5.97 Å². The Morgan fingerprint density at radius 3 is 2.40 bits per heavy atom. The van der Waals surface area contributed by atoms with Gasteiger partial charge in [-0.1, -0.05) is 25.6 Å². The number of methoxy groups -OCH3 is 1. The van der Waals surface area contributed by atoms with Gasteiger partial charge in [0.2, 0.25) is 5.91 Å². The van der Waals surface area contributed by atoms with Crippen LogP contribution in [0.2, 0.25) is 0 Å². The van der Waals surface area contributed by atoms with Crippen molar-refractivity contribution in [3.8, 4) is 5.69 Å². The van der Waals surface area contributed by atoms with Crippen molar-refractivity contribution in [1.82, 2.24) is 19.3 Å². The molecular formula is C25H31N5O4S. The number of nitrogens with two attached hydrogens (primary N) is 1. The third kappa shape index (κ3) is 6.19. The predicted octanol–water partition coefficient (Wildman–Crippen LogP) is 3.52. The van der Waals surface area contributed by atoms with Crippen LogP contribution < -0.4 is 5.73 Å². The van der Waals surface area contributed by atoms with E-state index >= 15 is 0 Å². The summed E-state index contributed by atoms with van der Waals surface area (Å²) in [5.41, 5.74) is 8.99. The highest BCUT2D eigenvalue weighted by molar-refractivity contribution is 7.99.